The molecule has 0 saturated carbocycles. The molecule has 0 aliphatic carbocycles. The van der Waals surface area contributed by atoms with Gasteiger partial charge in [0, 0.05) is 16.9 Å². The molecule has 0 unspecified atom stereocenters. The lowest BCUT2D eigenvalue weighted by molar-refractivity contribution is -0.130. The number of nitrogens with one attached hydrogen (secondary N) is 1. The minimum absolute atomic E-state index is 0.00243. The number of aliphatic hydroxyl groups is 1. The van der Waals surface area contributed by atoms with Crippen LogP contribution in [0.5, 0.6) is 5.75 Å². The van der Waals surface area contributed by atoms with Crippen molar-refractivity contribution in [3.05, 3.63) is 63.1 Å². The van der Waals surface area contributed by atoms with Crippen LogP contribution in [0.3, 0.4) is 0 Å². The van der Waals surface area contributed by atoms with Crippen LogP contribution >= 0.6 is 22.9 Å². The molecule has 0 bridgehead atoms. The predicted molar refractivity (Wildman–Crippen MR) is 120 cm³/mol. The van der Waals surface area contributed by atoms with Gasteiger partial charge in [-0.1, -0.05) is 31.5 Å². The minimum Gasteiger partial charge on any atom is -0.507 e. The Balaban J connectivity index is 0.000000604. The van der Waals surface area contributed by atoms with Crippen LogP contribution in [-0.2, 0) is 13.0 Å². The zero-order valence-electron chi connectivity index (χ0n) is 17.9. The number of alkyl halides is 3. The highest BCUT2D eigenvalue weighted by atomic mass is 35.5. The average molecular weight is 523 g/mol. The number of amides is 1. The van der Waals surface area contributed by atoms with E-state index in [2.05, 4.69) is 10.3 Å². The van der Waals surface area contributed by atoms with Gasteiger partial charge >= 0.3 is 6.18 Å². The fourth-order valence-corrected chi connectivity index (χ4v) is 3.84. The smallest absolute Gasteiger partial charge is 0.388 e. The molecular formula is C22H20ClF5N2O3S. The maximum absolute atomic E-state index is 14.6. The number of carbonyl (C=O) groups is 1. The monoisotopic (exact) mass is 522 g/mol. The van der Waals surface area contributed by atoms with Crippen LogP contribution < -0.4 is 5.32 Å². The van der Waals surface area contributed by atoms with Crippen LogP contribution in [0.1, 0.15) is 41.2 Å². The van der Waals surface area contributed by atoms with E-state index in [0.717, 1.165) is 30.0 Å². The zero-order valence-corrected chi connectivity index (χ0v) is 19.5. The second-order valence-corrected chi connectivity index (χ2v) is 8.26. The highest BCUT2D eigenvalue weighted by Crippen LogP contribution is 2.35. The molecule has 3 aromatic rings. The van der Waals surface area contributed by atoms with E-state index in [1.807, 2.05) is 6.92 Å². The Bertz CT molecular complexity index is 1130. The van der Waals surface area contributed by atoms with E-state index in [1.54, 1.807) is 0 Å². The molecule has 0 spiro atoms. The fraction of sp³-hybridized carbons (Fsp3) is 0.273. The Morgan fingerprint density at radius 1 is 1.18 bits per heavy atom. The van der Waals surface area contributed by atoms with Crippen molar-refractivity contribution in [2.45, 2.75) is 39.5 Å². The summed E-state index contributed by atoms with van der Waals surface area (Å²) in [5, 5.41) is 22.0. The normalized spacial score (nSPS) is 11.1. The van der Waals surface area contributed by atoms with Gasteiger partial charge in [0.2, 0.25) is 0 Å². The molecule has 0 radical (unpaired) electrons. The first kappa shape index (κ1) is 27.5. The van der Waals surface area contributed by atoms with E-state index >= 15 is 0 Å². The Kier molecular flexibility index (Phi) is 9.37. The number of halogens is 6. The molecule has 34 heavy (non-hydrogen) atoms. The SMILES string of the molecule is CCC(F)(F)F.CCc1sc(-c2cc(O)c(C(=O)Nc3c(F)cccc3Cl)cc2F)nc1CO. The molecule has 0 fully saturated rings. The zero-order chi connectivity index (χ0) is 25.6. The third kappa shape index (κ3) is 6.87. The molecule has 0 atom stereocenters. The number of phenols is 1. The van der Waals surface area contributed by atoms with Crippen molar-refractivity contribution in [1.82, 2.24) is 4.98 Å². The van der Waals surface area contributed by atoms with Crippen molar-refractivity contribution in [3.8, 4) is 16.3 Å². The number of thiazole rings is 1. The second kappa shape index (κ2) is 11.6. The van der Waals surface area contributed by atoms with E-state index in [1.165, 1.54) is 23.5 Å². The predicted octanol–water partition coefficient (Wildman–Crippen LogP) is 6.71. The Labute approximate surface area is 200 Å². The molecule has 12 heteroatoms. The molecular weight excluding hydrogens is 503 g/mol. The number of rotatable bonds is 5. The van der Waals surface area contributed by atoms with E-state index < -0.39 is 35.9 Å². The molecule has 1 aromatic heterocycles. The molecule has 1 amide bonds. The molecule has 0 aliphatic rings. The lowest BCUT2D eigenvalue weighted by Crippen LogP contribution is -2.14. The number of hydrogen-bond acceptors (Lipinski definition) is 5. The second-order valence-electron chi connectivity index (χ2n) is 6.77. The third-order valence-corrected chi connectivity index (χ3v) is 6.00. The van der Waals surface area contributed by atoms with Gasteiger partial charge in [-0.15, -0.1) is 11.3 Å². The number of phenolic OH excluding ortho intramolecular Hbond substituents is 1. The summed E-state index contributed by atoms with van der Waals surface area (Å²) in [6.45, 7) is 2.68. The maximum Gasteiger partial charge on any atom is 0.388 e. The standard InChI is InChI=1S/C19H15ClF2N2O3S.C3H5F3/c1-2-16-14(8-25)23-19(28-16)9-7-15(26)10(6-13(9)22)18(27)24-17-11(20)4-3-5-12(17)21;1-2-3(4,5)6/h3-7,25-26H,2,8H2,1H3,(H,24,27);2H2,1H3. The largest absolute Gasteiger partial charge is 0.507 e. The molecule has 184 valence electrons. The van der Waals surface area contributed by atoms with Gasteiger partial charge in [-0.25, -0.2) is 13.8 Å². The van der Waals surface area contributed by atoms with Crippen molar-refractivity contribution in [2.24, 2.45) is 0 Å². The topological polar surface area (TPSA) is 82.5 Å². The number of aromatic hydroxyl groups is 1. The number of para-hydroxylation sites is 1. The Morgan fingerprint density at radius 3 is 2.32 bits per heavy atom. The summed E-state index contributed by atoms with van der Waals surface area (Å²) in [5.41, 5.74) is -0.205. The molecule has 0 aliphatic heterocycles. The van der Waals surface area contributed by atoms with Gasteiger partial charge in [-0.2, -0.15) is 13.2 Å². The first-order valence-corrected chi connectivity index (χ1v) is 11.1. The van der Waals surface area contributed by atoms with Crippen molar-refractivity contribution in [2.75, 3.05) is 5.32 Å². The van der Waals surface area contributed by atoms with Gasteiger partial charge in [0.15, 0.2) is 0 Å². The molecule has 3 rings (SSSR count). The summed E-state index contributed by atoms with van der Waals surface area (Å²) >= 11 is 7.05. The fourth-order valence-electron chi connectivity index (χ4n) is 2.60. The number of anilines is 1. The van der Waals surface area contributed by atoms with Crippen molar-refractivity contribution in [1.29, 1.82) is 0 Å². The van der Waals surface area contributed by atoms with Crippen molar-refractivity contribution >= 4 is 34.5 Å². The summed E-state index contributed by atoms with van der Waals surface area (Å²) < 4.78 is 60.8. The van der Waals surface area contributed by atoms with Crippen LogP contribution in [0.25, 0.3) is 10.6 Å². The summed E-state index contributed by atoms with van der Waals surface area (Å²) in [6, 6.07) is 5.79. The Morgan fingerprint density at radius 2 is 1.82 bits per heavy atom. The number of aromatic nitrogens is 1. The molecule has 2 aromatic carbocycles. The van der Waals surface area contributed by atoms with Gasteiger partial charge in [0.25, 0.3) is 5.91 Å². The quantitative estimate of drug-likeness (QED) is 0.325. The number of aryl methyl sites for hydroxylation is 1. The molecule has 1 heterocycles. The summed E-state index contributed by atoms with van der Waals surface area (Å²) in [5.74, 6) is -2.97. The van der Waals surface area contributed by atoms with Crippen molar-refractivity contribution in [3.63, 3.8) is 0 Å². The van der Waals surface area contributed by atoms with Gasteiger partial charge < -0.3 is 15.5 Å². The van der Waals surface area contributed by atoms with E-state index in [0.29, 0.717) is 12.1 Å². The number of hydrogen-bond donors (Lipinski definition) is 3. The first-order chi connectivity index (χ1) is 15.9. The van der Waals surface area contributed by atoms with Crippen LogP contribution in [0, 0.1) is 11.6 Å². The van der Waals surface area contributed by atoms with Crippen LogP contribution in [0.4, 0.5) is 27.6 Å². The summed E-state index contributed by atoms with van der Waals surface area (Å²) in [4.78, 5) is 17.4. The maximum atomic E-state index is 14.6. The van der Waals surface area contributed by atoms with E-state index in [4.69, 9.17) is 11.6 Å². The molecule has 0 saturated heterocycles. The number of aliphatic hydroxyl groups excluding tert-OH is 1. The highest BCUT2D eigenvalue weighted by Gasteiger charge is 2.23. The first-order valence-electron chi connectivity index (χ1n) is 9.86. The van der Waals surface area contributed by atoms with Gasteiger partial charge in [-0.05, 0) is 30.7 Å². The van der Waals surface area contributed by atoms with E-state index in [-0.39, 0.29) is 33.5 Å². The van der Waals surface area contributed by atoms with Crippen LogP contribution in [-0.4, -0.2) is 27.3 Å². The van der Waals surface area contributed by atoms with Crippen LogP contribution in [0.2, 0.25) is 5.02 Å². The average Bonchev–Trinajstić information content (AvgIpc) is 3.20. The minimum atomic E-state index is -3.96. The van der Waals surface area contributed by atoms with Crippen molar-refractivity contribution < 1.29 is 37.0 Å². The number of benzene rings is 2. The highest BCUT2D eigenvalue weighted by molar-refractivity contribution is 7.15. The van der Waals surface area contributed by atoms with Gasteiger partial charge in [0.05, 0.1) is 28.6 Å². The van der Waals surface area contributed by atoms with Crippen LogP contribution in [0.15, 0.2) is 30.3 Å². The lowest BCUT2D eigenvalue weighted by atomic mass is 10.1. The number of nitrogens with zero attached hydrogens (tertiary/aromatic N) is 1. The van der Waals surface area contributed by atoms with E-state index in [9.17, 15) is 37.0 Å². The summed E-state index contributed by atoms with van der Waals surface area (Å²) in [7, 11) is 0. The Hall–Kier alpha value is -2.76. The molecule has 5 nitrogen and oxygen atoms in total. The lowest BCUT2D eigenvalue weighted by Gasteiger charge is -2.10. The summed E-state index contributed by atoms with van der Waals surface area (Å²) in [6.07, 6.45) is -4.07. The third-order valence-electron chi connectivity index (χ3n) is 4.41. The number of carbonyl (C=O) groups excluding carboxylic acids is 1. The van der Waals surface area contributed by atoms with Gasteiger partial charge in [0.1, 0.15) is 22.4 Å². The molecule has 3 N–H and O–H groups in total. The van der Waals surface area contributed by atoms with Gasteiger partial charge in [-0.3, -0.25) is 4.79 Å².